The standard InChI is InChI=1S/C18H38N4O3.HI/c1-8-19-16(21-12-14-24-9-2)20-11-10-13-22(15(3)4)17(23)25-18(5,6)7;/h15H,8-14H2,1-7H3,(H2,19,20,21);1H. The molecule has 0 atom stereocenters. The first kappa shape index (κ1) is 27.4. The van der Waals surface area contributed by atoms with Gasteiger partial charge in [0, 0.05) is 38.8 Å². The van der Waals surface area contributed by atoms with E-state index in [0.29, 0.717) is 26.3 Å². The van der Waals surface area contributed by atoms with E-state index in [0.717, 1.165) is 25.5 Å². The molecule has 0 spiro atoms. The summed E-state index contributed by atoms with van der Waals surface area (Å²) in [6.45, 7) is 17.8. The summed E-state index contributed by atoms with van der Waals surface area (Å²) in [5.74, 6) is 0.774. The maximum absolute atomic E-state index is 12.3. The Bertz CT molecular complexity index is 398. The molecule has 1 amide bonds. The SMILES string of the molecule is CCNC(=NCCCN(C(=O)OC(C)(C)C)C(C)C)NCCOCC.I. The summed E-state index contributed by atoms with van der Waals surface area (Å²) in [6, 6.07) is 0.0939. The van der Waals surface area contributed by atoms with Crippen molar-refractivity contribution in [3.05, 3.63) is 0 Å². The number of hydrogen-bond donors (Lipinski definition) is 2. The zero-order chi connectivity index (χ0) is 19.3. The average molecular weight is 486 g/mol. The van der Waals surface area contributed by atoms with Crippen molar-refractivity contribution in [3.8, 4) is 0 Å². The third-order valence-corrected chi connectivity index (χ3v) is 3.17. The number of amides is 1. The van der Waals surface area contributed by atoms with Gasteiger partial charge in [-0.2, -0.15) is 0 Å². The van der Waals surface area contributed by atoms with Gasteiger partial charge in [0.25, 0.3) is 0 Å². The Kier molecular flexibility index (Phi) is 16.2. The molecule has 0 aliphatic rings. The van der Waals surface area contributed by atoms with Crippen molar-refractivity contribution >= 4 is 36.0 Å². The first-order valence-electron chi connectivity index (χ1n) is 9.30. The van der Waals surface area contributed by atoms with E-state index in [-0.39, 0.29) is 36.1 Å². The van der Waals surface area contributed by atoms with Crippen molar-refractivity contribution in [2.24, 2.45) is 4.99 Å². The van der Waals surface area contributed by atoms with Gasteiger partial charge in [0.1, 0.15) is 5.60 Å². The number of hydrogen-bond acceptors (Lipinski definition) is 4. The summed E-state index contributed by atoms with van der Waals surface area (Å²) in [6.07, 6.45) is 0.507. The predicted octanol–water partition coefficient (Wildman–Crippen LogP) is 3.23. The van der Waals surface area contributed by atoms with Gasteiger partial charge >= 0.3 is 6.09 Å². The van der Waals surface area contributed by atoms with Crippen molar-refractivity contribution in [2.45, 2.75) is 66.5 Å². The first-order chi connectivity index (χ1) is 11.7. The smallest absolute Gasteiger partial charge is 0.410 e. The predicted molar refractivity (Wildman–Crippen MR) is 119 cm³/mol. The fourth-order valence-electron chi connectivity index (χ4n) is 2.04. The molecule has 0 unspecified atom stereocenters. The van der Waals surface area contributed by atoms with Crippen LogP contribution in [0.4, 0.5) is 4.79 Å². The molecule has 0 heterocycles. The van der Waals surface area contributed by atoms with Crippen LogP contribution in [0.2, 0.25) is 0 Å². The van der Waals surface area contributed by atoms with Crippen LogP contribution in [-0.2, 0) is 9.47 Å². The van der Waals surface area contributed by atoms with E-state index in [2.05, 4.69) is 15.6 Å². The van der Waals surface area contributed by atoms with Crippen LogP contribution >= 0.6 is 24.0 Å². The summed E-state index contributed by atoms with van der Waals surface area (Å²) in [7, 11) is 0. The van der Waals surface area contributed by atoms with Crippen molar-refractivity contribution in [3.63, 3.8) is 0 Å². The van der Waals surface area contributed by atoms with Gasteiger partial charge < -0.3 is 25.0 Å². The number of ether oxygens (including phenoxy) is 2. The van der Waals surface area contributed by atoms with Gasteiger partial charge in [-0.15, -0.1) is 24.0 Å². The van der Waals surface area contributed by atoms with E-state index < -0.39 is 5.60 Å². The molecule has 0 saturated carbocycles. The highest BCUT2D eigenvalue weighted by Gasteiger charge is 2.23. The highest BCUT2D eigenvalue weighted by Crippen LogP contribution is 2.12. The molecular weight excluding hydrogens is 447 g/mol. The Labute approximate surface area is 176 Å². The fourth-order valence-corrected chi connectivity index (χ4v) is 2.04. The van der Waals surface area contributed by atoms with Gasteiger partial charge in [0.2, 0.25) is 0 Å². The number of guanidine groups is 1. The number of halogens is 1. The molecule has 8 heteroatoms. The van der Waals surface area contributed by atoms with Gasteiger partial charge in [-0.3, -0.25) is 4.99 Å². The van der Waals surface area contributed by atoms with Gasteiger partial charge in [-0.25, -0.2) is 4.79 Å². The molecule has 0 saturated heterocycles. The third kappa shape index (κ3) is 14.4. The summed E-state index contributed by atoms with van der Waals surface area (Å²) in [4.78, 5) is 18.5. The maximum atomic E-state index is 12.3. The van der Waals surface area contributed by atoms with Gasteiger partial charge in [-0.05, 0) is 54.9 Å². The second-order valence-electron chi connectivity index (χ2n) is 7.01. The van der Waals surface area contributed by atoms with Crippen LogP contribution in [0.5, 0.6) is 0 Å². The molecule has 156 valence electrons. The molecule has 7 nitrogen and oxygen atoms in total. The Balaban J connectivity index is 0. The Hall–Kier alpha value is -0.770. The van der Waals surface area contributed by atoms with E-state index in [4.69, 9.17) is 9.47 Å². The number of carbonyl (C=O) groups is 1. The zero-order valence-electron chi connectivity index (χ0n) is 17.6. The molecule has 0 aromatic rings. The monoisotopic (exact) mass is 486 g/mol. The van der Waals surface area contributed by atoms with Crippen LogP contribution in [0.1, 0.15) is 54.9 Å². The minimum atomic E-state index is -0.481. The number of rotatable bonds is 10. The fraction of sp³-hybridized carbons (Fsp3) is 0.889. The largest absolute Gasteiger partial charge is 0.444 e. The Morgan fingerprint density at radius 3 is 2.35 bits per heavy atom. The molecular formula is C18H39IN4O3. The van der Waals surface area contributed by atoms with Crippen molar-refractivity contribution < 1.29 is 14.3 Å². The lowest BCUT2D eigenvalue weighted by molar-refractivity contribution is 0.0190. The van der Waals surface area contributed by atoms with Crippen LogP contribution in [0.3, 0.4) is 0 Å². The third-order valence-electron chi connectivity index (χ3n) is 3.17. The lowest BCUT2D eigenvalue weighted by Gasteiger charge is -2.30. The molecule has 0 aromatic heterocycles. The number of nitrogens with zero attached hydrogens (tertiary/aromatic N) is 2. The van der Waals surface area contributed by atoms with E-state index in [1.54, 1.807) is 4.90 Å². The van der Waals surface area contributed by atoms with Crippen LogP contribution < -0.4 is 10.6 Å². The van der Waals surface area contributed by atoms with Crippen LogP contribution in [0.25, 0.3) is 0 Å². The molecule has 0 radical (unpaired) electrons. The lowest BCUT2D eigenvalue weighted by atomic mass is 10.2. The quantitative estimate of drug-likeness (QED) is 0.215. The molecule has 0 aliphatic heterocycles. The summed E-state index contributed by atoms with van der Waals surface area (Å²) < 4.78 is 10.8. The molecule has 26 heavy (non-hydrogen) atoms. The van der Waals surface area contributed by atoms with Crippen LogP contribution in [0.15, 0.2) is 4.99 Å². The summed E-state index contributed by atoms with van der Waals surface area (Å²) in [5.41, 5.74) is -0.481. The van der Waals surface area contributed by atoms with Crippen LogP contribution in [-0.4, -0.2) is 68.0 Å². The van der Waals surface area contributed by atoms with Crippen molar-refractivity contribution in [2.75, 3.05) is 39.4 Å². The summed E-state index contributed by atoms with van der Waals surface area (Å²) in [5, 5.41) is 6.43. The summed E-state index contributed by atoms with van der Waals surface area (Å²) >= 11 is 0. The average Bonchev–Trinajstić information content (AvgIpc) is 2.48. The number of nitrogens with one attached hydrogen (secondary N) is 2. The van der Waals surface area contributed by atoms with Gasteiger partial charge in [-0.1, -0.05) is 0 Å². The Morgan fingerprint density at radius 1 is 1.19 bits per heavy atom. The minimum absolute atomic E-state index is 0. The first-order valence-corrected chi connectivity index (χ1v) is 9.30. The normalized spacial score (nSPS) is 11.8. The second kappa shape index (κ2) is 15.3. The van der Waals surface area contributed by atoms with Crippen molar-refractivity contribution in [1.29, 1.82) is 0 Å². The molecule has 0 aliphatic carbocycles. The topological polar surface area (TPSA) is 75.2 Å². The molecule has 2 N–H and O–H groups in total. The van der Waals surface area contributed by atoms with Crippen molar-refractivity contribution in [1.82, 2.24) is 15.5 Å². The molecule has 0 rings (SSSR count). The zero-order valence-corrected chi connectivity index (χ0v) is 19.9. The number of aliphatic imine (C=N–C) groups is 1. The highest BCUT2D eigenvalue weighted by atomic mass is 127. The molecule has 0 bridgehead atoms. The maximum Gasteiger partial charge on any atom is 0.410 e. The number of carbonyl (C=O) groups excluding carboxylic acids is 1. The minimum Gasteiger partial charge on any atom is -0.444 e. The van der Waals surface area contributed by atoms with Gasteiger partial charge in [0.05, 0.1) is 6.61 Å². The van der Waals surface area contributed by atoms with E-state index >= 15 is 0 Å². The van der Waals surface area contributed by atoms with E-state index in [1.807, 2.05) is 48.5 Å². The molecule has 0 aromatic carbocycles. The second-order valence-corrected chi connectivity index (χ2v) is 7.01. The molecule has 0 fully saturated rings. The Morgan fingerprint density at radius 2 is 1.85 bits per heavy atom. The van der Waals surface area contributed by atoms with E-state index in [9.17, 15) is 4.79 Å². The van der Waals surface area contributed by atoms with Crippen LogP contribution in [0, 0.1) is 0 Å². The lowest BCUT2D eigenvalue weighted by Crippen LogP contribution is -2.42. The highest BCUT2D eigenvalue weighted by molar-refractivity contribution is 14.0. The van der Waals surface area contributed by atoms with Gasteiger partial charge in [0.15, 0.2) is 5.96 Å². The van der Waals surface area contributed by atoms with E-state index in [1.165, 1.54) is 0 Å².